The second-order valence-corrected chi connectivity index (χ2v) is 7.49. The minimum Gasteiger partial charge on any atom is -0.508 e. The van der Waals surface area contributed by atoms with E-state index in [1.807, 2.05) is 19.1 Å². The first-order chi connectivity index (χ1) is 11.4. The number of aromatic hydroxyl groups is 1. The lowest BCUT2D eigenvalue weighted by Crippen LogP contribution is -2.44. The van der Waals surface area contributed by atoms with Crippen molar-refractivity contribution in [3.63, 3.8) is 0 Å². The number of amides is 1. The molecular weight excluding hydrogens is 302 g/mol. The Kier molecular flexibility index (Phi) is 4.90. The highest BCUT2D eigenvalue weighted by molar-refractivity contribution is 5.89. The molecule has 24 heavy (non-hydrogen) atoms. The standard InChI is InChI=1S/C19H27N3O2/c1-13-8-14(2)11-21(10-13)12-19(24)22-17(9-15(3)20-22)16-6-4-5-7-18(16)23/h4-7,13-14,17,23H,8-12H2,1-3H3. The molecule has 130 valence electrons. The largest absolute Gasteiger partial charge is 0.508 e. The van der Waals surface area contributed by atoms with Gasteiger partial charge in [0.2, 0.25) is 0 Å². The summed E-state index contributed by atoms with van der Waals surface area (Å²) in [5.41, 5.74) is 1.70. The molecule has 2 aliphatic heterocycles. The number of likely N-dealkylation sites (tertiary alicyclic amines) is 1. The molecule has 2 aliphatic rings. The van der Waals surface area contributed by atoms with Crippen LogP contribution in [0.4, 0.5) is 0 Å². The van der Waals surface area contributed by atoms with Gasteiger partial charge in [-0.1, -0.05) is 32.0 Å². The molecule has 5 heteroatoms. The van der Waals surface area contributed by atoms with E-state index in [2.05, 4.69) is 23.8 Å². The summed E-state index contributed by atoms with van der Waals surface area (Å²) in [6.45, 7) is 8.76. The summed E-state index contributed by atoms with van der Waals surface area (Å²) in [5, 5.41) is 16.2. The molecular formula is C19H27N3O2. The second kappa shape index (κ2) is 6.93. The zero-order valence-electron chi connectivity index (χ0n) is 14.8. The highest BCUT2D eigenvalue weighted by Crippen LogP contribution is 2.35. The number of piperidine rings is 1. The van der Waals surface area contributed by atoms with E-state index in [4.69, 9.17) is 0 Å². The molecule has 3 rings (SSSR count). The Morgan fingerprint density at radius 1 is 1.25 bits per heavy atom. The van der Waals surface area contributed by atoms with Crippen LogP contribution in [0.25, 0.3) is 0 Å². The van der Waals surface area contributed by atoms with Crippen molar-refractivity contribution in [1.29, 1.82) is 0 Å². The normalized spacial score (nSPS) is 28.0. The van der Waals surface area contributed by atoms with E-state index >= 15 is 0 Å². The van der Waals surface area contributed by atoms with E-state index in [1.54, 1.807) is 17.1 Å². The topological polar surface area (TPSA) is 56.1 Å². The number of hydrogen-bond donors (Lipinski definition) is 1. The van der Waals surface area contributed by atoms with Gasteiger partial charge in [0.25, 0.3) is 5.91 Å². The van der Waals surface area contributed by atoms with Crippen LogP contribution in [0.15, 0.2) is 29.4 Å². The third kappa shape index (κ3) is 3.61. The predicted molar refractivity (Wildman–Crippen MR) is 94.8 cm³/mol. The molecule has 3 unspecified atom stereocenters. The van der Waals surface area contributed by atoms with E-state index in [-0.39, 0.29) is 17.7 Å². The molecule has 1 amide bonds. The van der Waals surface area contributed by atoms with Crippen LogP contribution >= 0.6 is 0 Å². The smallest absolute Gasteiger partial charge is 0.257 e. The maximum Gasteiger partial charge on any atom is 0.257 e. The Hall–Kier alpha value is -1.88. The van der Waals surface area contributed by atoms with Crippen LogP contribution < -0.4 is 0 Å². The Morgan fingerprint density at radius 3 is 2.58 bits per heavy atom. The fourth-order valence-corrected chi connectivity index (χ4v) is 4.09. The minimum atomic E-state index is -0.196. The molecule has 1 saturated heterocycles. The zero-order valence-corrected chi connectivity index (χ0v) is 14.8. The number of phenolic OH excluding ortho intramolecular Hbond substituents is 1. The van der Waals surface area contributed by atoms with Crippen molar-refractivity contribution in [1.82, 2.24) is 9.91 Å². The fraction of sp³-hybridized carbons (Fsp3) is 0.579. The van der Waals surface area contributed by atoms with E-state index in [9.17, 15) is 9.90 Å². The van der Waals surface area contributed by atoms with Crippen molar-refractivity contribution < 1.29 is 9.90 Å². The summed E-state index contributed by atoms with van der Waals surface area (Å²) in [5.74, 6) is 1.49. The van der Waals surface area contributed by atoms with Crippen molar-refractivity contribution in [2.24, 2.45) is 16.9 Å². The predicted octanol–water partition coefficient (Wildman–Crippen LogP) is 3.02. The minimum absolute atomic E-state index is 0.0152. The summed E-state index contributed by atoms with van der Waals surface area (Å²) in [6, 6.07) is 7.03. The van der Waals surface area contributed by atoms with Crippen LogP contribution in [-0.2, 0) is 4.79 Å². The number of hydrogen-bond acceptors (Lipinski definition) is 4. The first-order valence-electron chi connectivity index (χ1n) is 8.80. The highest BCUT2D eigenvalue weighted by Gasteiger charge is 2.34. The molecule has 0 aromatic heterocycles. The second-order valence-electron chi connectivity index (χ2n) is 7.49. The Bertz CT molecular complexity index is 633. The average Bonchev–Trinajstić information content (AvgIpc) is 2.88. The lowest BCUT2D eigenvalue weighted by atomic mass is 9.92. The molecule has 1 N–H and O–H groups in total. The number of benzene rings is 1. The highest BCUT2D eigenvalue weighted by atomic mass is 16.3. The molecule has 3 atom stereocenters. The summed E-state index contributed by atoms with van der Waals surface area (Å²) in [7, 11) is 0. The summed E-state index contributed by atoms with van der Waals surface area (Å²) >= 11 is 0. The zero-order chi connectivity index (χ0) is 17.3. The Morgan fingerprint density at radius 2 is 1.92 bits per heavy atom. The number of para-hydroxylation sites is 1. The van der Waals surface area contributed by atoms with Gasteiger partial charge in [0.1, 0.15) is 5.75 Å². The fourth-order valence-electron chi connectivity index (χ4n) is 4.09. The number of rotatable bonds is 3. The van der Waals surface area contributed by atoms with Gasteiger partial charge in [0.15, 0.2) is 0 Å². The molecule has 0 aliphatic carbocycles. The van der Waals surface area contributed by atoms with Crippen LogP contribution in [0.3, 0.4) is 0 Å². The van der Waals surface area contributed by atoms with Crippen molar-refractivity contribution in [3.8, 4) is 5.75 Å². The van der Waals surface area contributed by atoms with Crippen molar-refractivity contribution in [3.05, 3.63) is 29.8 Å². The number of nitrogens with zero attached hydrogens (tertiary/aromatic N) is 3. The van der Waals surface area contributed by atoms with E-state index in [0.717, 1.165) is 24.4 Å². The molecule has 1 fully saturated rings. The number of carbonyl (C=O) groups is 1. The third-order valence-electron chi connectivity index (χ3n) is 4.92. The lowest BCUT2D eigenvalue weighted by molar-refractivity contribution is -0.134. The number of carbonyl (C=O) groups excluding carboxylic acids is 1. The SMILES string of the molecule is CC1=NN(C(=O)CN2CC(C)CC(C)C2)C(c2ccccc2O)C1. The molecule has 2 heterocycles. The van der Waals surface area contributed by atoms with Gasteiger partial charge >= 0.3 is 0 Å². The maximum atomic E-state index is 12.9. The molecule has 5 nitrogen and oxygen atoms in total. The molecule has 1 aromatic carbocycles. The van der Waals surface area contributed by atoms with Crippen molar-refractivity contribution >= 4 is 11.6 Å². The van der Waals surface area contributed by atoms with Crippen LogP contribution in [-0.4, -0.2) is 46.3 Å². The first kappa shape index (κ1) is 17.0. The number of phenols is 1. The molecule has 1 aromatic rings. The van der Waals surface area contributed by atoms with Gasteiger partial charge in [-0.3, -0.25) is 9.69 Å². The quantitative estimate of drug-likeness (QED) is 0.927. The van der Waals surface area contributed by atoms with Gasteiger partial charge in [-0.15, -0.1) is 0 Å². The molecule has 0 saturated carbocycles. The van der Waals surface area contributed by atoms with Gasteiger partial charge in [-0.05, 0) is 31.2 Å². The number of hydrazone groups is 1. The van der Waals surface area contributed by atoms with Crippen LogP contribution in [0.1, 0.15) is 45.2 Å². The van der Waals surface area contributed by atoms with Crippen LogP contribution in [0.2, 0.25) is 0 Å². The van der Waals surface area contributed by atoms with Crippen LogP contribution in [0, 0.1) is 11.8 Å². The van der Waals surface area contributed by atoms with E-state index in [0.29, 0.717) is 24.8 Å². The van der Waals surface area contributed by atoms with Gasteiger partial charge < -0.3 is 5.11 Å². The summed E-state index contributed by atoms with van der Waals surface area (Å²) in [6.07, 6.45) is 1.91. The lowest BCUT2D eigenvalue weighted by Gasteiger charge is -2.35. The van der Waals surface area contributed by atoms with Crippen molar-refractivity contribution in [2.45, 2.75) is 39.7 Å². The molecule has 0 radical (unpaired) electrons. The Labute approximate surface area is 144 Å². The van der Waals surface area contributed by atoms with Gasteiger partial charge in [-0.25, -0.2) is 5.01 Å². The third-order valence-corrected chi connectivity index (χ3v) is 4.92. The molecule has 0 spiro atoms. The monoisotopic (exact) mass is 329 g/mol. The average molecular weight is 329 g/mol. The van der Waals surface area contributed by atoms with E-state index < -0.39 is 0 Å². The van der Waals surface area contributed by atoms with E-state index in [1.165, 1.54) is 6.42 Å². The van der Waals surface area contributed by atoms with Crippen molar-refractivity contribution in [2.75, 3.05) is 19.6 Å². The van der Waals surface area contributed by atoms with Gasteiger partial charge in [0, 0.05) is 30.8 Å². The maximum absolute atomic E-state index is 12.9. The summed E-state index contributed by atoms with van der Waals surface area (Å²) in [4.78, 5) is 15.1. The van der Waals surface area contributed by atoms with Crippen LogP contribution in [0.5, 0.6) is 5.75 Å². The first-order valence-corrected chi connectivity index (χ1v) is 8.80. The Balaban J connectivity index is 1.73. The van der Waals surface area contributed by atoms with Gasteiger partial charge in [-0.2, -0.15) is 5.10 Å². The molecule has 0 bridgehead atoms. The van der Waals surface area contributed by atoms with Gasteiger partial charge in [0.05, 0.1) is 12.6 Å². The summed E-state index contributed by atoms with van der Waals surface area (Å²) < 4.78 is 0.